The topological polar surface area (TPSA) is 73.9 Å². The quantitative estimate of drug-likeness (QED) is 0.894. The zero-order chi connectivity index (χ0) is 16.2. The molecule has 2 heterocycles. The number of aromatic nitrogens is 3. The highest BCUT2D eigenvalue weighted by molar-refractivity contribution is 5.92. The fourth-order valence-corrected chi connectivity index (χ4v) is 2.79. The molecule has 3 rings (SSSR count). The van der Waals surface area contributed by atoms with Crippen molar-refractivity contribution in [2.75, 3.05) is 13.1 Å². The minimum Gasteiger partial charge on any atom is -0.347 e. The van der Waals surface area contributed by atoms with Crippen molar-refractivity contribution in [3.8, 4) is 0 Å². The highest BCUT2D eigenvalue weighted by Gasteiger charge is 2.24. The van der Waals surface area contributed by atoms with Crippen molar-refractivity contribution < 1.29 is 13.6 Å². The number of H-pyrrole nitrogens is 1. The number of piperidine rings is 1. The fraction of sp³-hybridized carbons (Fsp3) is 0.400. The second-order valence-electron chi connectivity index (χ2n) is 5.60. The summed E-state index contributed by atoms with van der Waals surface area (Å²) in [5.41, 5.74) is 0.290. The molecule has 1 atom stereocenters. The number of aromatic amines is 1. The molecular weight excluding hydrogens is 304 g/mol. The molecule has 1 saturated heterocycles. The van der Waals surface area contributed by atoms with Crippen LogP contribution in [0.4, 0.5) is 8.78 Å². The Balaban J connectivity index is 1.61. The van der Waals surface area contributed by atoms with Crippen LogP contribution in [0.5, 0.6) is 0 Å². The van der Waals surface area contributed by atoms with Crippen molar-refractivity contribution in [3.05, 3.63) is 47.3 Å². The van der Waals surface area contributed by atoms with Crippen molar-refractivity contribution in [3.63, 3.8) is 0 Å². The van der Waals surface area contributed by atoms with Gasteiger partial charge in [0.15, 0.2) is 5.69 Å². The van der Waals surface area contributed by atoms with Crippen LogP contribution in [0.2, 0.25) is 0 Å². The van der Waals surface area contributed by atoms with Gasteiger partial charge < -0.3 is 5.32 Å². The molecular formula is C15H17F2N5O. The van der Waals surface area contributed by atoms with E-state index in [-0.39, 0.29) is 29.8 Å². The van der Waals surface area contributed by atoms with E-state index in [0.29, 0.717) is 6.54 Å². The standard InChI is InChI=1S/C15H17F2N5O/c16-12-4-1-5-13(17)11(12)9-22-6-2-3-10(8-22)19-15(23)14-7-18-21-20-14/h1,4-5,7,10H,2-3,6,8-9H2,(H,19,23)(H,18,20,21)/t10-/m0/s1. The summed E-state index contributed by atoms with van der Waals surface area (Å²) in [5, 5.41) is 12.6. The SMILES string of the molecule is O=C(N[C@H]1CCCN(Cc2c(F)cccc2F)C1)c1cn[nH]n1. The number of carbonyl (C=O) groups is 1. The van der Waals surface area contributed by atoms with Crippen LogP contribution in [0, 0.1) is 11.6 Å². The van der Waals surface area contributed by atoms with Crippen molar-refractivity contribution in [2.24, 2.45) is 0 Å². The highest BCUT2D eigenvalue weighted by Crippen LogP contribution is 2.18. The number of hydrogen-bond acceptors (Lipinski definition) is 4. The van der Waals surface area contributed by atoms with Gasteiger partial charge in [-0.1, -0.05) is 6.07 Å². The molecule has 6 nitrogen and oxygen atoms in total. The van der Waals surface area contributed by atoms with Crippen LogP contribution < -0.4 is 5.32 Å². The molecule has 1 aliphatic rings. The Morgan fingerprint density at radius 3 is 2.87 bits per heavy atom. The Bertz CT molecular complexity index is 656. The maximum Gasteiger partial charge on any atom is 0.273 e. The van der Waals surface area contributed by atoms with Gasteiger partial charge in [-0.25, -0.2) is 8.78 Å². The summed E-state index contributed by atoms with van der Waals surface area (Å²) < 4.78 is 27.5. The summed E-state index contributed by atoms with van der Waals surface area (Å²) in [6.07, 6.45) is 3.02. The average Bonchev–Trinajstić information content (AvgIpc) is 3.06. The van der Waals surface area contributed by atoms with Gasteiger partial charge in [0.1, 0.15) is 11.6 Å². The first-order valence-electron chi connectivity index (χ1n) is 7.45. The second-order valence-corrected chi connectivity index (χ2v) is 5.60. The third kappa shape index (κ3) is 3.70. The molecule has 2 aromatic rings. The van der Waals surface area contributed by atoms with Gasteiger partial charge in [-0.15, -0.1) is 0 Å². The molecule has 1 aromatic heterocycles. The van der Waals surface area contributed by atoms with Gasteiger partial charge in [0.05, 0.1) is 6.20 Å². The normalized spacial score (nSPS) is 18.8. The number of carbonyl (C=O) groups excluding carboxylic acids is 1. The van der Waals surface area contributed by atoms with Gasteiger partial charge in [-0.3, -0.25) is 9.69 Å². The summed E-state index contributed by atoms with van der Waals surface area (Å²) in [5.74, 6) is -1.39. The molecule has 0 aliphatic carbocycles. The van der Waals surface area contributed by atoms with Crippen LogP contribution in [-0.4, -0.2) is 45.3 Å². The number of amides is 1. The van der Waals surface area contributed by atoms with E-state index in [0.717, 1.165) is 19.4 Å². The van der Waals surface area contributed by atoms with Crippen LogP contribution in [0.1, 0.15) is 28.9 Å². The Morgan fingerprint density at radius 2 is 2.17 bits per heavy atom. The van der Waals surface area contributed by atoms with Gasteiger partial charge in [0.2, 0.25) is 0 Å². The van der Waals surface area contributed by atoms with E-state index in [2.05, 4.69) is 20.7 Å². The number of rotatable bonds is 4. The first kappa shape index (κ1) is 15.5. The lowest BCUT2D eigenvalue weighted by molar-refractivity contribution is 0.0894. The molecule has 0 radical (unpaired) electrons. The van der Waals surface area contributed by atoms with E-state index in [1.54, 1.807) is 0 Å². The summed E-state index contributed by atoms with van der Waals surface area (Å²) in [7, 11) is 0. The summed E-state index contributed by atoms with van der Waals surface area (Å²) in [6.45, 7) is 1.47. The minimum atomic E-state index is -0.543. The van der Waals surface area contributed by atoms with Crippen LogP contribution in [-0.2, 0) is 6.54 Å². The monoisotopic (exact) mass is 321 g/mol. The lowest BCUT2D eigenvalue weighted by Crippen LogP contribution is -2.47. The van der Waals surface area contributed by atoms with E-state index in [9.17, 15) is 13.6 Å². The molecule has 0 bridgehead atoms. The number of hydrogen-bond donors (Lipinski definition) is 2. The molecule has 1 amide bonds. The lowest BCUT2D eigenvalue weighted by Gasteiger charge is -2.33. The third-order valence-electron chi connectivity index (χ3n) is 3.93. The Hall–Kier alpha value is -2.35. The van der Waals surface area contributed by atoms with Crippen molar-refractivity contribution in [1.82, 2.24) is 25.6 Å². The molecule has 8 heteroatoms. The third-order valence-corrected chi connectivity index (χ3v) is 3.93. The number of halogens is 2. The molecule has 1 aliphatic heterocycles. The molecule has 0 saturated carbocycles. The average molecular weight is 321 g/mol. The Kier molecular flexibility index (Phi) is 4.61. The number of nitrogens with zero attached hydrogens (tertiary/aromatic N) is 3. The molecule has 1 fully saturated rings. The van der Waals surface area contributed by atoms with Gasteiger partial charge in [0, 0.05) is 24.7 Å². The largest absolute Gasteiger partial charge is 0.347 e. The molecule has 1 aromatic carbocycles. The second kappa shape index (κ2) is 6.82. The van der Waals surface area contributed by atoms with Gasteiger partial charge >= 0.3 is 0 Å². The molecule has 23 heavy (non-hydrogen) atoms. The maximum atomic E-state index is 13.7. The minimum absolute atomic E-state index is 0.0657. The van der Waals surface area contributed by atoms with Gasteiger partial charge in [-0.05, 0) is 31.5 Å². The van der Waals surface area contributed by atoms with Crippen molar-refractivity contribution in [1.29, 1.82) is 0 Å². The van der Waals surface area contributed by atoms with E-state index in [4.69, 9.17) is 0 Å². The van der Waals surface area contributed by atoms with E-state index >= 15 is 0 Å². The number of likely N-dealkylation sites (tertiary alicyclic amines) is 1. The maximum absolute atomic E-state index is 13.7. The van der Waals surface area contributed by atoms with Crippen molar-refractivity contribution in [2.45, 2.75) is 25.4 Å². The van der Waals surface area contributed by atoms with E-state index in [1.165, 1.54) is 24.4 Å². The van der Waals surface area contributed by atoms with Crippen molar-refractivity contribution >= 4 is 5.91 Å². The Morgan fingerprint density at radius 1 is 1.39 bits per heavy atom. The van der Waals surface area contributed by atoms with Crippen LogP contribution in [0.25, 0.3) is 0 Å². The zero-order valence-electron chi connectivity index (χ0n) is 12.4. The van der Waals surface area contributed by atoms with Crippen LogP contribution in [0.3, 0.4) is 0 Å². The van der Waals surface area contributed by atoms with Crippen LogP contribution in [0.15, 0.2) is 24.4 Å². The summed E-state index contributed by atoms with van der Waals surface area (Å²) in [6, 6.07) is 3.78. The highest BCUT2D eigenvalue weighted by atomic mass is 19.1. The zero-order valence-corrected chi connectivity index (χ0v) is 12.4. The predicted octanol–water partition coefficient (Wildman–Crippen LogP) is 1.48. The smallest absolute Gasteiger partial charge is 0.273 e. The number of nitrogens with one attached hydrogen (secondary N) is 2. The summed E-state index contributed by atoms with van der Waals surface area (Å²) >= 11 is 0. The Labute approximate surface area is 131 Å². The molecule has 0 unspecified atom stereocenters. The lowest BCUT2D eigenvalue weighted by atomic mass is 10.0. The van der Waals surface area contributed by atoms with E-state index < -0.39 is 11.6 Å². The molecule has 2 N–H and O–H groups in total. The van der Waals surface area contributed by atoms with Crippen LogP contribution >= 0.6 is 0 Å². The first-order chi connectivity index (χ1) is 11.1. The predicted molar refractivity (Wildman–Crippen MR) is 78.5 cm³/mol. The number of benzene rings is 1. The van der Waals surface area contributed by atoms with Gasteiger partial charge in [-0.2, -0.15) is 15.4 Å². The molecule has 122 valence electrons. The fourth-order valence-electron chi connectivity index (χ4n) is 2.79. The summed E-state index contributed by atoms with van der Waals surface area (Å²) in [4.78, 5) is 13.9. The van der Waals surface area contributed by atoms with E-state index in [1.807, 2.05) is 4.90 Å². The molecule has 0 spiro atoms. The van der Waals surface area contributed by atoms with Gasteiger partial charge in [0.25, 0.3) is 5.91 Å². The first-order valence-corrected chi connectivity index (χ1v) is 7.45.